The van der Waals surface area contributed by atoms with Gasteiger partial charge < -0.3 is 10.2 Å². The summed E-state index contributed by atoms with van der Waals surface area (Å²) in [4.78, 5) is 13.6. The summed E-state index contributed by atoms with van der Waals surface area (Å²) in [5.41, 5.74) is 0. The lowest BCUT2D eigenvalue weighted by Gasteiger charge is -2.45. The van der Waals surface area contributed by atoms with Gasteiger partial charge in [-0.3, -0.25) is 4.79 Å². The maximum Gasteiger partial charge on any atom is 0.239 e. The molecule has 2 rings (SSSR count). The van der Waals surface area contributed by atoms with E-state index in [1.165, 1.54) is 25.7 Å². The molecule has 1 amide bonds. The number of piperazine rings is 1. The number of carbonyl (C=O) groups is 1. The number of rotatable bonds is 0. The van der Waals surface area contributed by atoms with Gasteiger partial charge in [0.15, 0.2) is 0 Å². The van der Waals surface area contributed by atoms with Crippen molar-refractivity contribution < 1.29 is 4.79 Å². The summed E-state index contributed by atoms with van der Waals surface area (Å²) in [5.74, 6) is 0.253. The Kier molecular flexibility index (Phi) is 2.28. The van der Waals surface area contributed by atoms with Crippen LogP contribution in [0.15, 0.2) is 0 Å². The van der Waals surface area contributed by atoms with Gasteiger partial charge in [-0.2, -0.15) is 0 Å². The van der Waals surface area contributed by atoms with Crippen LogP contribution in [0.3, 0.4) is 0 Å². The van der Waals surface area contributed by atoms with Gasteiger partial charge in [0, 0.05) is 19.1 Å². The first-order valence-electron chi connectivity index (χ1n) is 5.23. The van der Waals surface area contributed by atoms with E-state index in [0.717, 1.165) is 0 Å². The first-order valence-corrected chi connectivity index (χ1v) is 5.23. The third kappa shape index (κ3) is 1.46. The van der Waals surface area contributed by atoms with Crippen molar-refractivity contribution in [2.45, 2.75) is 50.7 Å². The second-order valence-corrected chi connectivity index (χ2v) is 4.30. The average molecular weight is 182 g/mol. The third-order valence-corrected chi connectivity index (χ3v) is 3.41. The van der Waals surface area contributed by atoms with Crippen LogP contribution in [0, 0.1) is 0 Å². The van der Waals surface area contributed by atoms with E-state index in [1.54, 1.807) is 0 Å². The van der Waals surface area contributed by atoms with E-state index in [9.17, 15) is 4.79 Å². The Labute approximate surface area is 79.5 Å². The molecular formula is C10H18N2O. The summed E-state index contributed by atoms with van der Waals surface area (Å²) in [6, 6.07) is 1.02. The van der Waals surface area contributed by atoms with Crippen molar-refractivity contribution in [2.75, 3.05) is 7.05 Å². The zero-order valence-corrected chi connectivity index (χ0v) is 8.42. The summed E-state index contributed by atoms with van der Waals surface area (Å²) in [7, 11) is 1.95. The van der Waals surface area contributed by atoms with Crippen molar-refractivity contribution >= 4 is 5.91 Å². The predicted octanol–water partition coefficient (Wildman–Crippen LogP) is 0.748. The summed E-state index contributed by atoms with van der Waals surface area (Å²) in [6.07, 6.45) is 4.98. The van der Waals surface area contributed by atoms with Gasteiger partial charge in [0.05, 0.1) is 6.04 Å². The van der Waals surface area contributed by atoms with E-state index in [0.29, 0.717) is 12.1 Å². The molecule has 0 spiro atoms. The molecule has 3 heteroatoms. The second kappa shape index (κ2) is 3.29. The predicted molar refractivity (Wildman–Crippen MR) is 51.4 cm³/mol. The number of likely N-dealkylation sites (N-methyl/N-ethyl adjacent to an activating group) is 1. The number of hydrogen-bond donors (Lipinski definition) is 1. The highest BCUT2D eigenvalue weighted by atomic mass is 16.2. The van der Waals surface area contributed by atoms with E-state index in [4.69, 9.17) is 0 Å². The Morgan fingerprint density at radius 1 is 1.38 bits per heavy atom. The molecule has 1 saturated carbocycles. The van der Waals surface area contributed by atoms with Crippen molar-refractivity contribution in [2.24, 2.45) is 0 Å². The molecule has 3 atom stereocenters. The zero-order chi connectivity index (χ0) is 9.42. The number of nitrogens with one attached hydrogen (secondary N) is 1. The van der Waals surface area contributed by atoms with Gasteiger partial charge in [-0.25, -0.2) is 0 Å². The Bertz CT molecular complexity index is 217. The molecule has 1 saturated heterocycles. The Hall–Kier alpha value is -0.570. The first kappa shape index (κ1) is 9.00. The van der Waals surface area contributed by atoms with Crippen LogP contribution in [0.5, 0.6) is 0 Å². The molecular weight excluding hydrogens is 164 g/mol. The van der Waals surface area contributed by atoms with Crippen LogP contribution in [-0.4, -0.2) is 36.0 Å². The highest BCUT2D eigenvalue weighted by Crippen LogP contribution is 2.26. The van der Waals surface area contributed by atoms with Crippen LogP contribution in [0.25, 0.3) is 0 Å². The summed E-state index contributed by atoms with van der Waals surface area (Å²) < 4.78 is 0. The average Bonchev–Trinajstić information content (AvgIpc) is 2.15. The number of carbonyl (C=O) groups excluding carboxylic acids is 1. The maximum absolute atomic E-state index is 11.6. The zero-order valence-electron chi connectivity index (χ0n) is 8.42. The molecule has 0 radical (unpaired) electrons. The van der Waals surface area contributed by atoms with Gasteiger partial charge in [0.25, 0.3) is 0 Å². The largest absolute Gasteiger partial charge is 0.340 e. The second-order valence-electron chi connectivity index (χ2n) is 4.30. The van der Waals surface area contributed by atoms with E-state index >= 15 is 0 Å². The van der Waals surface area contributed by atoms with Gasteiger partial charge in [-0.1, -0.05) is 12.8 Å². The van der Waals surface area contributed by atoms with Crippen molar-refractivity contribution in [1.29, 1.82) is 0 Å². The first-order chi connectivity index (χ1) is 6.20. The van der Waals surface area contributed by atoms with Crippen molar-refractivity contribution in [1.82, 2.24) is 10.2 Å². The van der Waals surface area contributed by atoms with E-state index in [1.807, 2.05) is 18.9 Å². The molecule has 0 aromatic rings. The minimum absolute atomic E-state index is 0.0179. The molecule has 1 heterocycles. The SMILES string of the molecule is C[C@@H]1N[C@H]2CCCC[C@@H]2N(C)C1=O. The monoisotopic (exact) mass is 182 g/mol. The van der Waals surface area contributed by atoms with Crippen LogP contribution >= 0.6 is 0 Å². The van der Waals surface area contributed by atoms with E-state index in [2.05, 4.69) is 5.32 Å². The summed E-state index contributed by atoms with van der Waals surface area (Å²) in [6.45, 7) is 1.96. The maximum atomic E-state index is 11.6. The van der Waals surface area contributed by atoms with Crippen molar-refractivity contribution in [3.63, 3.8) is 0 Å². The molecule has 74 valence electrons. The fourth-order valence-corrected chi connectivity index (χ4v) is 2.63. The minimum Gasteiger partial charge on any atom is -0.340 e. The van der Waals surface area contributed by atoms with E-state index in [-0.39, 0.29) is 11.9 Å². The van der Waals surface area contributed by atoms with Crippen molar-refractivity contribution in [3.05, 3.63) is 0 Å². The van der Waals surface area contributed by atoms with Gasteiger partial charge in [-0.15, -0.1) is 0 Å². The van der Waals surface area contributed by atoms with Gasteiger partial charge in [0.1, 0.15) is 0 Å². The van der Waals surface area contributed by atoms with Crippen LogP contribution in [0.2, 0.25) is 0 Å². The van der Waals surface area contributed by atoms with Gasteiger partial charge in [-0.05, 0) is 19.8 Å². The van der Waals surface area contributed by atoms with Gasteiger partial charge >= 0.3 is 0 Å². The highest BCUT2D eigenvalue weighted by Gasteiger charge is 2.38. The lowest BCUT2D eigenvalue weighted by atomic mass is 9.86. The molecule has 0 aromatic heterocycles. The quantitative estimate of drug-likeness (QED) is 0.599. The number of amides is 1. The van der Waals surface area contributed by atoms with Crippen LogP contribution in [0.1, 0.15) is 32.6 Å². The Morgan fingerprint density at radius 2 is 2.08 bits per heavy atom. The molecule has 1 aliphatic carbocycles. The lowest BCUT2D eigenvalue weighted by Crippen LogP contribution is -2.64. The molecule has 0 bridgehead atoms. The molecule has 2 fully saturated rings. The number of hydrogen-bond acceptors (Lipinski definition) is 2. The molecule has 2 aliphatic rings. The normalized spacial score (nSPS) is 40.3. The summed E-state index contributed by atoms with van der Waals surface area (Å²) >= 11 is 0. The molecule has 0 aromatic carbocycles. The fraction of sp³-hybridized carbons (Fsp3) is 0.900. The number of fused-ring (bicyclic) bond motifs is 1. The fourth-order valence-electron chi connectivity index (χ4n) is 2.63. The van der Waals surface area contributed by atoms with Crippen LogP contribution < -0.4 is 5.32 Å². The Morgan fingerprint density at radius 3 is 2.85 bits per heavy atom. The number of nitrogens with zero attached hydrogens (tertiary/aromatic N) is 1. The van der Waals surface area contributed by atoms with Gasteiger partial charge in [0.2, 0.25) is 5.91 Å². The molecule has 0 unspecified atom stereocenters. The molecule has 3 nitrogen and oxygen atoms in total. The van der Waals surface area contributed by atoms with Crippen LogP contribution in [0.4, 0.5) is 0 Å². The molecule has 13 heavy (non-hydrogen) atoms. The molecule has 1 N–H and O–H groups in total. The Balaban J connectivity index is 2.12. The van der Waals surface area contributed by atoms with Crippen LogP contribution in [-0.2, 0) is 4.79 Å². The minimum atomic E-state index is 0.0179. The molecule has 1 aliphatic heterocycles. The summed E-state index contributed by atoms with van der Waals surface area (Å²) in [5, 5.41) is 3.41. The highest BCUT2D eigenvalue weighted by molar-refractivity contribution is 5.82. The smallest absolute Gasteiger partial charge is 0.239 e. The standard InChI is InChI=1S/C10H18N2O/c1-7-10(13)12(2)9-6-4-3-5-8(9)11-7/h7-9,11H,3-6H2,1-2H3/t7-,8-,9-/m0/s1. The third-order valence-electron chi connectivity index (χ3n) is 3.41. The lowest BCUT2D eigenvalue weighted by molar-refractivity contribution is -0.139. The topological polar surface area (TPSA) is 32.3 Å². The van der Waals surface area contributed by atoms with Crippen molar-refractivity contribution in [3.8, 4) is 0 Å². The van der Waals surface area contributed by atoms with E-state index < -0.39 is 0 Å².